The predicted octanol–water partition coefficient (Wildman–Crippen LogP) is 2.87. The fraction of sp³-hybridized carbons (Fsp3) is 0.455. The highest BCUT2D eigenvalue weighted by Gasteiger charge is 2.46. The molecule has 7 heteroatoms. The van der Waals surface area contributed by atoms with Crippen LogP contribution in [0.2, 0.25) is 0 Å². The predicted molar refractivity (Wildman–Crippen MR) is 110 cm³/mol. The molecule has 154 valence electrons. The fourth-order valence-electron chi connectivity index (χ4n) is 4.50. The maximum atomic E-state index is 13.0. The highest BCUT2D eigenvalue weighted by Crippen LogP contribution is 2.35. The molecule has 2 aromatic rings. The van der Waals surface area contributed by atoms with Crippen LogP contribution in [0.25, 0.3) is 0 Å². The third-order valence-corrected chi connectivity index (χ3v) is 5.86. The number of nitrogens with zero attached hydrogens (tertiary/aromatic N) is 3. The molecule has 0 radical (unpaired) electrons. The summed E-state index contributed by atoms with van der Waals surface area (Å²) in [4.78, 5) is 31.7. The molecule has 2 aliphatic heterocycles. The quantitative estimate of drug-likeness (QED) is 0.863. The summed E-state index contributed by atoms with van der Waals surface area (Å²) in [5, 5.41) is 3.00. The molecule has 7 nitrogen and oxygen atoms in total. The molecular weight excluding hydrogens is 368 g/mol. The van der Waals surface area contributed by atoms with Gasteiger partial charge in [0, 0.05) is 68.9 Å². The number of hydrogen-bond donors (Lipinski definition) is 1. The molecule has 1 aromatic heterocycles. The Morgan fingerprint density at radius 3 is 2.66 bits per heavy atom. The van der Waals surface area contributed by atoms with Gasteiger partial charge in [0.05, 0.1) is 12.5 Å². The van der Waals surface area contributed by atoms with Crippen molar-refractivity contribution in [1.82, 2.24) is 14.7 Å². The normalized spacial score (nSPS) is 22.9. The van der Waals surface area contributed by atoms with Crippen LogP contribution in [0, 0.1) is 5.41 Å². The Morgan fingerprint density at radius 2 is 1.97 bits per heavy atom. The van der Waals surface area contributed by atoms with Crippen LogP contribution in [0.4, 0.5) is 10.5 Å². The number of rotatable bonds is 4. The van der Waals surface area contributed by atoms with E-state index in [-0.39, 0.29) is 17.4 Å². The number of carbonyl (C=O) groups excluding carboxylic acids is 2. The standard InChI is InChI=1S/C22H28N4O3/c1-2-25-16-22(12-20(25)27)15-24(13-18-8-11-29-14-18)9-10-26(17-22)21(28)23-19-6-4-3-5-7-19/h3-8,11,14H,2,9-10,12-13,15-17H2,1H3,(H,23,28). The number of furan rings is 1. The van der Waals surface area contributed by atoms with Gasteiger partial charge in [-0.3, -0.25) is 9.69 Å². The van der Waals surface area contributed by atoms with E-state index in [2.05, 4.69) is 10.2 Å². The second-order valence-corrected chi connectivity index (χ2v) is 8.14. The van der Waals surface area contributed by atoms with Gasteiger partial charge in [-0.2, -0.15) is 0 Å². The van der Waals surface area contributed by atoms with Crippen molar-refractivity contribution in [3.05, 3.63) is 54.5 Å². The number of para-hydroxylation sites is 1. The van der Waals surface area contributed by atoms with E-state index in [4.69, 9.17) is 4.42 Å². The van der Waals surface area contributed by atoms with Crippen LogP contribution >= 0.6 is 0 Å². The van der Waals surface area contributed by atoms with E-state index in [1.165, 1.54) is 0 Å². The molecule has 1 atom stereocenters. The minimum absolute atomic E-state index is 0.108. The average Bonchev–Trinajstić information content (AvgIpc) is 3.28. The molecule has 0 bridgehead atoms. The molecule has 0 aliphatic carbocycles. The number of likely N-dealkylation sites (tertiary alicyclic amines) is 1. The molecular formula is C22H28N4O3. The van der Waals surface area contributed by atoms with Crippen LogP contribution in [0.1, 0.15) is 18.9 Å². The number of hydrogen-bond acceptors (Lipinski definition) is 4. The average molecular weight is 396 g/mol. The maximum Gasteiger partial charge on any atom is 0.321 e. The summed E-state index contributed by atoms with van der Waals surface area (Å²) in [6.45, 7) is 6.92. The van der Waals surface area contributed by atoms with Crippen molar-refractivity contribution in [2.24, 2.45) is 5.41 Å². The lowest BCUT2D eigenvalue weighted by Gasteiger charge is -2.33. The van der Waals surface area contributed by atoms with Crippen molar-refractivity contribution in [3.8, 4) is 0 Å². The first-order valence-electron chi connectivity index (χ1n) is 10.2. The van der Waals surface area contributed by atoms with Crippen molar-refractivity contribution in [2.45, 2.75) is 19.9 Å². The van der Waals surface area contributed by atoms with Crippen LogP contribution in [0.15, 0.2) is 53.3 Å². The molecule has 2 saturated heterocycles. The van der Waals surface area contributed by atoms with E-state index in [1.54, 1.807) is 12.5 Å². The summed E-state index contributed by atoms with van der Waals surface area (Å²) < 4.78 is 5.22. The van der Waals surface area contributed by atoms with Crippen molar-refractivity contribution in [1.29, 1.82) is 0 Å². The zero-order valence-corrected chi connectivity index (χ0v) is 16.8. The summed E-state index contributed by atoms with van der Waals surface area (Å²) in [7, 11) is 0. The van der Waals surface area contributed by atoms with Gasteiger partial charge in [-0.1, -0.05) is 18.2 Å². The summed E-state index contributed by atoms with van der Waals surface area (Å²) in [5.74, 6) is 0.182. The number of benzene rings is 1. The van der Waals surface area contributed by atoms with Crippen molar-refractivity contribution in [3.63, 3.8) is 0 Å². The molecule has 29 heavy (non-hydrogen) atoms. The summed E-state index contributed by atoms with van der Waals surface area (Å²) in [5.41, 5.74) is 1.64. The van der Waals surface area contributed by atoms with Crippen molar-refractivity contribution < 1.29 is 14.0 Å². The largest absolute Gasteiger partial charge is 0.472 e. The Morgan fingerprint density at radius 1 is 1.14 bits per heavy atom. The third-order valence-electron chi connectivity index (χ3n) is 5.86. The summed E-state index contributed by atoms with van der Waals surface area (Å²) in [6, 6.07) is 11.4. The van der Waals surface area contributed by atoms with Gasteiger partial charge in [-0.05, 0) is 25.1 Å². The lowest BCUT2D eigenvalue weighted by atomic mass is 9.86. The number of carbonyl (C=O) groups is 2. The Hall–Kier alpha value is -2.80. The van der Waals surface area contributed by atoms with Crippen LogP contribution in [0.3, 0.4) is 0 Å². The van der Waals surface area contributed by atoms with Crippen LogP contribution in [0.5, 0.6) is 0 Å². The van der Waals surface area contributed by atoms with Gasteiger partial charge >= 0.3 is 6.03 Å². The molecule has 1 unspecified atom stereocenters. The first-order valence-corrected chi connectivity index (χ1v) is 10.2. The molecule has 2 fully saturated rings. The van der Waals surface area contributed by atoms with E-state index in [9.17, 15) is 9.59 Å². The molecule has 2 aliphatic rings. The SMILES string of the molecule is CCN1CC2(CC1=O)CN(Cc1ccoc1)CCN(C(=O)Nc1ccccc1)C2. The van der Waals surface area contributed by atoms with E-state index < -0.39 is 0 Å². The highest BCUT2D eigenvalue weighted by molar-refractivity contribution is 5.89. The lowest BCUT2D eigenvalue weighted by molar-refractivity contribution is -0.127. The van der Waals surface area contributed by atoms with E-state index in [1.807, 2.05) is 53.1 Å². The number of nitrogens with one attached hydrogen (secondary N) is 1. The number of urea groups is 1. The molecule has 3 amide bonds. The molecule has 1 spiro atoms. The van der Waals surface area contributed by atoms with E-state index >= 15 is 0 Å². The van der Waals surface area contributed by atoms with Crippen molar-refractivity contribution >= 4 is 17.6 Å². The monoisotopic (exact) mass is 396 g/mol. The van der Waals surface area contributed by atoms with Gasteiger partial charge in [0.15, 0.2) is 0 Å². The minimum Gasteiger partial charge on any atom is -0.472 e. The van der Waals surface area contributed by atoms with Gasteiger partial charge in [-0.25, -0.2) is 4.79 Å². The van der Waals surface area contributed by atoms with Gasteiger partial charge in [0.1, 0.15) is 0 Å². The molecule has 1 N–H and O–H groups in total. The second-order valence-electron chi connectivity index (χ2n) is 8.14. The van der Waals surface area contributed by atoms with Crippen LogP contribution in [-0.2, 0) is 11.3 Å². The lowest BCUT2D eigenvalue weighted by Crippen LogP contribution is -2.45. The van der Waals surface area contributed by atoms with Gasteiger partial charge in [-0.15, -0.1) is 0 Å². The smallest absolute Gasteiger partial charge is 0.321 e. The van der Waals surface area contributed by atoms with Gasteiger partial charge in [0.2, 0.25) is 5.91 Å². The van der Waals surface area contributed by atoms with Crippen LogP contribution < -0.4 is 5.32 Å². The minimum atomic E-state index is -0.249. The summed E-state index contributed by atoms with van der Waals surface area (Å²) >= 11 is 0. The molecule has 1 aromatic carbocycles. The van der Waals surface area contributed by atoms with Crippen LogP contribution in [-0.4, -0.2) is 65.9 Å². The fourth-order valence-corrected chi connectivity index (χ4v) is 4.50. The first-order chi connectivity index (χ1) is 14.1. The zero-order chi connectivity index (χ0) is 20.3. The molecule has 3 heterocycles. The second kappa shape index (κ2) is 8.29. The Kier molecular flexibility index (Phi) is 5.58. The Bertz CT molecular complexity index is 839. The molecule has 0 saturated carbocycles. The topological polar surface area (TPSA) is 69.0 Å². The van der Waals surface area contributed by atoms with Gasteiger partial charge < -0.3 is 19.5 Å². The Balaban J connectivity index is 1.53. The molecule has 4 rings (SSSR count). The van der Waals surface area contributed by atoms with E-state index in [0.717, 1.165) is 30.9 Å². The first kappa shape index (κ1) is 19.5. The maximum absolute atomic E-state index is 13.0. The summed E-state index contributed by atoms with van der Waals surface area (Å²) in [6.07, 6.45) is 3.92. The highest BCUT2D eigenvalue weighted by atomic mass is 16.3. The van der Waals surface area contributed by atoms with Crippen molar-refractivity contribution in [2.75, 3.05) is 44.6 Å². The third kappa shape index (κ3) is 4.45. The van der Waals surface area contributed by atoms with E-state index in [0.29, 0.717) is 32.6 Å². The number of anilines is 1. The Labute approximate surface area is 171 Å². The zero-order valence-electron chi connectivity index (χ0n) is 16.8. The van der Waals surface area contributed by atoms with Gasteiger partial charge in [0.25, 0.3) is 0 Å². The number of amides is 3.